The predicted octanol–water partition coefficient (Wildman–Crippen LogP) is 2.22. The summed E-state index contributed by atoms with van der Waals surface area (Å²) >= 11 is 0. The molecule has 7 rings (SSSR count). The van der Waals surface area contributed by atoms with Crippen molar-refractivity contribution in [3.05, 3.63) is 29.8 Å². The molecule has 6 aliphatic rings. The molecule has 0 unspecified atom stereocenters. The largest absolute Gasteiger partial charge is 0.454 e. The molecule has 1 aliphatic heterocycles. The van der Waals surface area contributed by atoms with Crippen LogP contribution in [-0.4, -0.2) is 103 Å². The van der Waals surface area contributed by atoms with Gasteiger partial charge in [0, 0.05) is 76.3 Å². The van der Waals surface area contributed by atoms with Crippen molar-refractivity contribution < 1.29 is 38.7 Å². The van der Waals surface area contributed by atoms with E-state index in [2.05, 4.69) is 17.1 Å². The van der Waals surface area contributed by atoms with Crippen molar-refractivity contribution in [1.29, 1.82) is 0 Å². The first-order valence-electron chi connectivity index (χ1n) is 15.4. The van der Waals surface area contributed by atoms with E-state index in [1.807, 2.05) is 0 Å². The second-order valence-corrected chi connectivity index (χ2v) is 13.7. The Morgan fingerprint density at radius 1 is 1.07 bits per heavy atom. The fourth-order valence-corrected chi connectivity index (χ4v) is 11.6. The number of likely N-dealkylation sites (N-methyl/N-ethyl adjacent to an activating group) is 1. The van der Waals surface area contributed by atoms with E-state index in [-0.39, 0.29) is 47.8 Å². The van der Waals surface area contributed by atoms with Crippen molar-refractivity contribution in [3.63, 3.8) is 0 Å². The molecule has 12 atom stereocenters. The van der Waals surface area contributed by atoms with Gasteiger partial charge in [-0.15, -0.1) is 0 Å². The molecule has 1 aromatic carbocycles. The Kier molecular flexibility index (Phi) is 6.46. The number of para-hydroxylation sites is 1. The molecule has 3 N–H and O–H groups in total. The molecule has 230 valence electrons. The number of carbonyl (C=O) groups excluding carboxylic acids is 2. The molecule has 5 saturated carbocycles. The summed E-state index contributed by atoms with van der Waals surface area (Å²) in [5, 5.41) is 28.4. The van der Waals surface area contributed by atoms with Crippen LogP contribution >= 0.6 is 0 Å². The molecule has 42 heavy (non-hydrogen) atoms. The number of ether oxygens (including phenoxy) is 4. The predicted molar refractivity (Wildman–Crippen MR) is 152 cm³/mol. The highest BCUT2D eigenvalue weighted by Gasteiger charge is 2.89. The second-order valence-electron chi connectivity index (χ2n) is 13.7. The highest BCUT2D eigenvalue weighted by molar-refractivity contribution is 6.00. The van der Waals surface area contributed by atoms with Gasteiger partial charge in [0.2, 0.25) is 5.91 Å². The van der Waals surface area contributed by atoms with E-state index in [0.29, 0.717) is 56.4 Å². The maximum absolute atomic E-state index is 14.0. The van der Waals surface area contributed by atoms with Gasteiger partial charge in [-0.25, -0.2) is 4.79 Å². The van der Waals surface area contributed by atoms with Gasteiger partial charge in [0.05, 0.1) is 29.6 Å². The number of aliphatic hydroxyl groups is 2. The van der Waals surface area contributed by atoms with Gasteiger partial charge >= 0.3 is 5.97 Å². The first kappa shape index (κ1) is 28.7. The van der Waals surface area contributed by atoms with Crippen molar-refractivity contribution in [2.45, 2.75) is 87.1 Å². The summed E-state index contributed by atoms with van der Waals surface area (Å²) in [6, 6.07) is 6.89. The third-order valence-electron chi connectivity index (χ3n) is 12.6. The van der Waals surface area contributed by atoms with Crippen LogP contribution in [0.3, 0.4) is 0 Å². The summed E-state index contributed by atoms with van der Waals surface area (Å²) in [5.74, 6) is -1.54. The smallest absolute Gasteiger partial charge is 0.340 e. The normalized spacial score (nSPS) is 48.2. The van der Waals surface area contributed by atoms with Gasteiger partial charge in [0.25, 0.3) is 0 Å². The number of amides is 1. The Bertz CT molecular complexity index is 1290. The van der Waals surface area contributed by atoms with E-state index in [1.165, 1.54) is 6.92 Å². The molecule has 5 aliphatic carbocycles. The number of methoxy groups -OCH3 is 3. The fourth-order valence-electron chi connectivity index (χ4n) is 11.6. The molecular weight excluding hydrogens is 540 g/mol. The number of benzene rings is 1. The third kappa shape index (κ3) is 3.21. The molecule has 0 radical (unpaired) electrons. The number of rotatable bonds is 7. The molecule has 0 aromatic heterocycles. The van der Waals surface area contributed by atoms with Crippen LogP contribution in [0.25, 0.3) is 0 Å². The van der Waals surface area contributed by atoms with Gasteiger partial charge in [-0.3, -0.25) is 9.69 Å². The van der Waals surface area contributed by atoms with Gasteiger partial charge in [-0.05, 0) is 44.4 Å². The molecule has 1 saturated heterocycles. The monoisotopic (exact) mass is 584 g/mol. The van der Waals surface area contributed by atoms with Gasteiger partial charge in [-0.1, -0.05) is 19.1 Å². The van der Waals surface area contributed by atoms with Crippen molar-refractivity contribution in [3.8, 4) is 0 Å². The number of anilines is 1. The van der Waals surface area contributed by atoms with Gasteiger partial charge < -0.3 is 34.5 Å². The molecule has 10 heteroatoms. The Morgan fingerprint density at radius 2 is 1.83 bits per heavy atom. The Morgan fingerprint density at radius 3 is 2.50 bits per heavy atom. The first-order chi connectivity index (χ1) is 20.1. The zero-order valence-corrected chi connectivity index (χ0v) is 25.2. The van der Waals surface area contributed by atoms with E-state index in [1.54, 1.807) is 45.6 Å². The van der Waals surface area contributed by atoms with Crippen molar-refractivity contribution >= 4 is 17.6 Å². The maximum Gasteiger partial charge on any atom is 0.340 e. The fraction of sp³-hybridized carbons (Fsp3) is 0.750. The lowest BCUT2D eigenvalue weighted by Crippen LogP contribution is -2.83. The van der Waals surface area contributed by atoms with E-state index in [4.69, 9.17) is 18.9 Å². The quantitative estimate of drug-likeness (QED) is 0.414. The number of likely N-dealkylation sites (tertiary alicyclic amines) is 1. The summed E-state index contributed by atoms with van der Waals surface area (Å²) in [6.07, 6.45) is 1.91. The SMILES string of the molecule is CCN1C[C@]2(OC(=O)c3ccccc3NC(C)=O)CC[C@H](OC)[C@@]34[C@H]5C[C@@H]6[C@@H](OC)C[C@](O)([C@@H](C[C@@H]23)[C@@H]14)[C@]5(O)[C@H]6OC. The van der Waals surface area contributed by atoms with Crippen LogP contribution in [0, 0.1) is 29.1 Å². The van der Waals surface area contributed by atoms with Crippen LogP contribution < -0.4 is 5.32 Å². The number of hydrogen-bond acceptors (Lipinski definition) is 9. The lowest BCUT2D eigenvalue weighted by Gasteiger charge is -2.70. The molecule has 1 heterocycles. The highest BCUT2D eigenvalue weighted by Crippen LogP contribution is 2.79. The van der Waals surface area contributed by atoms with Crippen molar-refractivity contribution in [2.24, 2.45) is 29.1 Å². The number of nitrogens with one attached hydrogen (secondary N) is 1. The lowest BCUT2D eigenvalue weighted by molar-refractivity contribution is -0.337. The zero-order valence-electron chi connectivity index (χ0n) is 25.2. The molecule has 10 nitrogen and oxygen atoms in total. The van der Waals surface area contributed by atoms with Crippen LogP contribution in [0.15, 0.2) is 24.3 Å². The van der Waals surface area contributed by atoms with E-state index in [0.717, 1.165) is 0 Å². The third-order valence-corrected chi connectivity index (χ3v) is 12.6. The van der Waals surface area contributed by atoms with Gasteiger partial charge in [0.1, 0.15) is 16.8 Å². The van der Waals surface area contributed by atoms with E-state index < -0.39 is 34.3 Å². The Labute approximate surface area is 247 Å². The molecular formula is C32H44N2O8. The van der Waals surface area contributed by atoms with Gasteiger partial charge in [0.15, 0.2) is 0 Å². The number of esters is 1. The molecule has 6 fully saturated rings. The van der Waals surface area contributed by atoms with Crippen LogP contribution in [0.2, 0.25) is 0 Å². The minimum absolute atomic E-state index is 0.0432. The highest BCUT2D eigenvalue weighted by atomic mass is 16.6. The van der Waals surface area contributed by atoms with Crippen LogP contribution in [0.4, 0.5) is 5.69 Å². The average molecular weight is 585 g/mol. The summed E-state index contributed by atoms with van der Waals surface area (Å²) in [4.78, 5) is 28.3. The molecule has 7 bridgehead atoms. The number of fused-ring (bicyclic) bond motifs is 2. The topological polar surface area (TPSA) is 127 Å². The number of nitrogens with zero attached hydrogens (tertiary/aromatic N) is 1. The van der Waals surface area contributed by atoms with Gasteiger partial charge in [-0.2, -0.15) is 0 Å². The number of carbonyl (C=O) groups is 2. The lowest BCUT2D eigenvalue weighted by atomic mass is 9.44. The minimum Gasteiger partial charge on any atom is -0.454 e. The second kappa shape index (κ2) is 9.46. The van der Waals surface area contributed by atoms with Crippen LogP contribution in [0.5, 0.6) is 0 Å². The first-order valence-corrected chi connectivity index (χ1v) is 15.4. The summed E-state index contributed by atoms with van der Waals surface area (Å²) in [7, 11) is 5.05. The number of piperidine rings is 1. The summed E-state index contributed by atoms with van der Waals surface area (Å²) in [6.45, 7) is 4.79. The molecule has 1 spiro atoms. The standard InChI is InChI=1S/C32H44N2O8/c1-6-34-16-29(42-28(36)18-9-7-8-10-21(18)33-17(2)35)12-11-25(40-4)31-23(29)14-20(26(31)34)30(37)15-22(39-3)19-13-24(31)32(30,38)27(19)41-5/h7-10,19-20,22-27,37-38H,6,11-16H2,1-5H3,(H,33,35)/t19-,20+,22+,23+,24-,25+,26-,27+,29-,30+,31+,32-/m1/s1. The molecule has 1 aromatic rings. The van der Waals surface area contributed by atoms with E-state index in [9.17, 15) is 19.8 Å². The Hall–Kier alpha value is -2.08. The van der Waals surface area contributed by atoms with E-state index >= 15 is 0 Å². The average Bonchev–Trinajstić information content (AvgIpc) is 3.39. The van der Waals surface area contributed by atoms with Crippen LogP contribution in [0.1, 0.15) is 56.3 Å². The van der Waals surface area contributed by atoms with Crippen LogP contribution in [-0.2, 0) is 23.7 Å². The summed E-state index contributed by atoms with van der Waals surface area (Å²) in [5.41, 5.74) is -3.57. The summed E-state index contributed by atoms with van der Waals surface area (Å²) < 4.78 is 25.1. The molecule has 1 amide bonds. The maximum atomic E-state index is 14.0. The zero-order chi connectivity index (χ0) is 29.8. The number of hydrogen-bond donors (Lipinski definition) is 3. The Balaban J connectivity index is 1.38. The van der Waals surface area contributed by atoms with Crippen molar-refractivity contribution in [2.75, 3.05) is 39.7 Å². The van der Waals surface area contributed by atoms with Crippen molar-refractivity contribution in [1.82, 2.24) is 4.90 Å². The minimum atomic E-state index is -1.48.